The lowest BCUT2D eigenvalue weighted by Gasteiger charge is -2.27. The Morgan fingerprint density at radius 3 is 2.71 bits per heavy atom. The number of carbonyl (C=O) groups is 2. The Hall–Kier alpha value is -4.07. The highest BCUT2D eigenvalue weighted by atomic mass is 16.5. The van der Waals surface area contributed by atoms with E-state index in [-0.39, 0.29) is 11.8 Å². The van der Waals surface area contributed by atoms with Crippen LogP contribution in [0.15, 0.2) is 54.7 Å². The Labute approximate surface area is 197 Å². The zero-order valence-electron chi connectivity index (χ0n) is 19.3. The van der Waals surface area contributed by atoms with Crippen molar-refractivity contribution in [2.75, 3.05) is 13.7 Å². The third-order valence-corrected chi connectivity index (χ3v) is 6.37. The maximum atomic E-state index is 13.4. The second-order valence-electron chi connectivity index (χ2n) is 8.35. The van der Waals surface area contributed by atoms with Gasteiger partial charge in [-0.05, 0) is 30.7 Å². The average Bonchev–Trinajstić information content (AvgIpc) is 3.48. The summed E-state index contributed by atoms with van der Waals surface area (Å²) in [6.07, 6.45) is 2.43. The van der Waals surface area contributed by atoms with E-state index in [1.165, 1.54) is 0 Å². The number of carbonyl (C=O) groups excluding carboxylic acids is 2. The summed E-state index contributed by atoms with van der Waals surface area (Å²) in [5.41, 5.74) is 4.79. The number of hydrogen-bond acceptors (Lipinski definition) is 4. The molecule has 0 spiro atoms. The van der Waals surface area contributed by atoms with E-state index in [9.17, 15) is 9.59 Å². The van der Waals surface area contributed by atoms with Crippen molar-refractivity contribution < 1.29 is 14.3 Å². The molecule has 0 radical (unpaired) electrons. The summed E-state index contributed by atoms with van der Waals surface area (Å²) in [7, 11) is 1.62. The predicted molar refractivity (Wildman–Crippen MR) is 129 cm³/mol. The number of hydrogen-bond donors (Lipinski definition) is 2. The predicted octanol–water partition coefficient (Wildman–Crippen LogP) is 3.52. The number of methoxy groups -OCH3 is 1. The normalized spacial score (nSPS) is 13.1. The van der Waals surface area contributed by atoms with Gasteiger partial charge in [-0.15, -0.1) is 0 Å². The van der Waals surface area contributed by atoms with Gasteiger partial charge in [0.25, 0.3) is 11.8 Å². The zero-order chi connectivity index (χ0) is 23.7. The Kier molecular flexibility index (Phi) is 5.79. The average molecular weight is 458 g/mol. The van der Waals surface area contributed by atoms with Crippen molar-refractivity contribution in [3.63, 3.8) is 0 Å². The number of ether oxygens (including phenoxy) is 1. The number of aryl methyl sites for hydroxylation is 1. The van der Waals surface area contributed by atoms with Gasteiger partial charge in [0.05, 0.1) is 19.2 Å². The maximum absolute atomic E-state index is 13.4. The Bertz CT molecular complexity index is 1350. The number of para-hydroxylation sites is 1. The maximum Gasteiger partial charge on any atom is 0.272 e. The quantitative estimate of drug-likeness (QED) is 0.463. The molecule has 0 fully saturated rings. The second-order valence-corrected chi connectivity index (χ2v) is 8.35. The first kappa shape index (κ1) is 21.8. The number of aromatic nitrogens is 3. The van der Waals surface area contributed by atoms with E-state index in [0.29, 0.717) is 43.9 Å². The molecule has 0 unspecified atom stereocenters. The number of fused-ring (bicyclic) bond motifs is 2. The summed E-state index contributed by atoms with van der Waals surface area (Å²) in [6, 6.07) is 15.3. The van der Waals surface area contributed by atoms with Gasteiger partial charge in [-0.25, -0.2) is 0 Å². The molecule has 174 valence electrons. The van der Waals surface area contributed by atoms with E-state index in [4.69, 9.17) is 4.74 Å². The summed E-state index contributed by atoms with van der Waals surface area (Å²) >= 11 is 0. The van der Waals surface area contributed by atoms with Crippen molar-refractivity contribution in [1.82, 2.24) is 25.0 Å². The van der Waals surface area contributed by atoms with Gasteiger partial charge in [0.2, 0.25) is 0 Å². The molecule has 0 saturated heterocycles. The zero-order valence-corrected chi connectivity index (χ0v) is 19.3. The summed E-state index contributed by atoms with van der Waals surface area (Å²) in [6.45, 7) is 4.01. The van der Waals surface area contributed by atoms with E-state index in [1.54, 1.807) is 18.2 Å². The monoisotopic (exact) mass is 457 g/mol. The van der Waals surface area contributed by atoms with Gasteiger partial charge in [-0.1, -0.05) is 30.3 Å². The number of H-pyrrole nitrogens is 1. The molecule has 3 heterocycles. The minimum Gasteiger partial charge on any atom is -0.497 e. The molecule has 1 aliphatic heterocycles. The Balaban J connectivity index is 1.36. The molecule has 5 rings (SSSR count). The molecule has 0 aliphatic carbocycles. The van der Waals surface area contributed by atoms with Crippen molar-refractivity contribution in [3.05, 3.63) is 82.8 Å². The molecule has 2 aromatic heterocycles. The van der Waals surface area contributed by atoms with Crippen molar-refractivity contribution >= 4 is 22.7 Å². The van der Waals surface area contributed by atoms with E-state index in [0.717, 1.165) is 33.5 Å². The lowest BCUT2D eigenvalue weighted by atomic mass is 10.0. The third kappa shape index (κ3) is 3.91. The Morgan fingerprint density at radius 1 is 1.15 bits per heavy atom. The van der Waals surface area contributed by atoms with Gasteiger partial charge in [-0.3, -0.25) is 14.3 Å². The van der Waals surface area contributed by atoms with Crippen LogP contribution in [0.4, 0.5) is 0 Å². The third-order valence-electron chi connectivity index (χ3n) is 6.37. The number of rotatable bonds is 6. The minimum atomic E-state index is -0.235. The highest BCUT2D eigenvalue weighted by Gasteiger charge is 2.30. The lowest BCUT2D eigenvalue weighted by molar-refractivity contribution is 0.0732. The highest BCUT2D eigenvalue weighted by Crippen LogP contribution is 2.26. The molecule has 34 heavy (non-hydrogen) atoms. The van der Waals surface area contributed by atoms with Crippen LogP contribution in [0.25, 0.3) is 10.9 Å². The fourth-order valence-electron chi connectivity index (χ4n) is 4.54. The Morgan fingerprint density at radius 2 is 1.94 bits per heavy atom. The number of aromatic amines is 1. The van der Waals surface area contributed by atoms with Gasteiger partial charge < -0.3 is 19.9 Å². The molecule has 0 atom stereocenters. The van der Waals surface area contributed by atoms with Crippen LogP contribution in [0, 0.1) is 0 Å². The number of amides is 2. The van der Waals surface area contributed by atoms with Crippen molar-refractivity contribution in [2.24, 2.45) is 0 Å². The lowest BCUT2D eigenvalue weighted by Crippen LogP contribution is -2.37. The summed E-state index contributed by atoms with van der Waals surface area (Å²) in [4.78, 5) is 31.5. The van der Waals surface area contributed by atoms with Crippen molar-refractivity contribution in [3.8, 4) is 5.75 Å². The molecule has 0 bridgehead atoms. The first-order valence-electron chi connectivity index (χ1n) is 11.4. The summed E-state index contributed by atoms with van der Waals surface area (Å²) in [5.74, 6) is 0.489. The molecule has 8 nitrogen and oxygen atoms in total. The minimum absolute atomic E-state index is 0.0445. The van der Waals surface area contributed by atoms with Crippen molar-refractivity contribution in [2.45, 2.75) is 33.0 Å². The van der Waals surface area contributed by atoms with Crippen LogP contribution in [-0.4, -0.2) is 45.1 Å². The molecule has 1 aliphatic rings. The van der Waals surface area contributed by atoms with E-state index >= 15 is 0 Å². The van der Waals surface area contributed by atoms with E-state index in [1.807, 2.05) is 60.1 Å². The summed E-state index contributed by atoms with van der Waals surface area (Å²) in [5, 5.41) is 8.47. The van der Waals surface area contributed by atoms with Crippen LogP contribution in [0.2, 0.25) is 0 Å². The first-order valence-corrected chi connectivity index (χ1v) is 11.4. The van der Waals surface area contributed by atoms with Crippen LogP contribution in [0.5, 0.6) is 5.75 Å². The van der Waals surface area contributed by atoms with E-state index in [2.05, 4.69) is 15.4 Å². The van der Waals surface area contributed by atoms with Gasteiger partial charge >= 0.3 is 0 Å². The van der Waals surface area contributed by atoms with Crippen LogP contribution in [-0.2, 0) is 26.1 Å². The summed E-state index contributed by atoms with van der Waals surface area (Å²) < 4.78 is 7.07. The topological polar surface area (TPSA) is 92.2 Å². The van der Waals surface area contributed by atoms with Gasteiger partial charge in [-0.2, -0.15) is 5.10 Å². The van der Waals surface area contributed by atoms with Crippen molar-refractivity contribution in [1.29, 1.82) is 0 Å². The van der Waals surface area contributed by atoms with Crippen LogP contribution in [0.3, 0.4) is 0 Å². The van der Waals surface area contributed by atoms with Crippen LogP contribution >= 0.6 is 0 Å². The SMILES string of the molecule is CCn1nc(C(=O)NCc2ccc(OC)cc2)c2c1CCN(C(=O)c1c[nH]c3ccccc13)C2. The molecule has 2 N–H and O–H groups in total. The van der Waals surface area contributed by atoms with Crippen LogP contribution < -0.4 is 10.1 Å². The van der Waals surface area contributed by atoms with Crippen LogP contribution in [0.1, 0.15) is 44.6 Å². The van der Waals surface area contributed by atoms with Gasteiger partial charge in [0.1, 0.15) is 5.75 Å². The first-order chi connectivity index (χ1) is 16.6. The molecular weight excluding hydrogens is 430 g/mol. The van der Waals surface area contributed by atoms with Gasteiger partial charge in [0, 0.05) is 54.4 Å². The van der Waals surface area contributed by atoms with Gasteiger partial charge in [0.15, 0.2) is 5.69 Å². The number of nitrogens with zero attached hydrogens (tertiary/aromatic N) is 3. The number of nitrogens with one attached hydrogen (secondary N) is 2. The smallest absolute Gasteiger partial charge is 0.272 e. The number of benzene rings is 2. The largest absolute Gasteiger partial charge is 0.497 e. The fraction of sp³-hybridized carbons (Fsp3) is 0.269. The second kappa shape index (κ2) is 9.05. The molecular formula is C26H27N5O3. The molecule has 2 aromatic carbocycles. The molecule has 2 amide bonds. The highest BCUT2D eigenvalue weighted by molar-refractivity contribution is 6.06. The standard InChI is InChI=1S/C26H27N5O3/c1-3-31-23-12-13-30(26(33)20-15-27-22-7-5-4-6-19(20)22)16-21(23)24(29-31)25(32)28-14-17-8-10-18(34-2)11-9-17/h4-11,15,27H,3,12-14,16H2,1-2H3,(H,28,32). The van der Waals surface area contributed by atoms with E-state index < -0.39 is 0 Å². The molecule has 0 saturated carbocycles. The molecule has 8 heteroatoms. The fourth-order valence-corrected chi connectivity index (χ4v) is 4.54. The molecule has 4 aromatic rings.